The van der Waals surface area contributed by atoms with Crippen LogP contribution in [0.4, 0.5) is 0 Å². The molecule has 0 radical (unpaired) electrons. The molecule has 1 aliphatic heterocycles. The van der Waals surface area contributed by atoms with Crippen molar-refractivity contribution in [1.29, 1.82) is 0 Å². The van der Waals surface area contributed by atoms with Crippen LogP contribution in [0.1, 0.15) is 17.8 Å². The Bertz CT molecular complexity index is 976. The van der Waals surface area contributed by atoms with Crippen LogP contribution in [0.5, 0.6) is 0 Å². The largest absolute Gasteiger partial charge is 0.419 e. The molecule has 1 aliphatic rings. The molecule has 6 nitrogen and oxygen atoms in total. The van der Waals surface area contributed by atoms with E-state index in [0.717, 1.165) is 37.4 Å². The second-order valence-corrected chi connectivity index (χ2v) is 6.31. The van der Waals surface area contributed by atoms with Crippen molar-refractivity contribution in [3.8, 4) is 0 Å². The molecule has 1 aromatic carbocycles. The molecule has 24 heavy (non-hydrogen) atoms. The highest BCUT2D eigenvalue weighted by Gasteiger charge is 2.16. The third-order valence-corrected chi connectivity index (χ3v) is 4.66. The van der Waals surface area contributed by atoms with Crippen LogP contribution >= 0.6 is 0 Å². The van der Waals surface area contributed by atoms with Crippen LogP contribution in [0.2, 0.25) is 0 Å². The van der Waals surface area contributed by atoms with Gasteiger partial charge in [-0.15, -0.1) is 0 Å². The lowest BCUT2D eigenvalue weighted by atomic mass is 10.1. The maximum absolute atomic E-state index is 11.6. The van der Waals surface area contributed by atoms with Gasteiger partial charge in [-0.1, -0.05) is 12.1 Å². The van der Waals surface area contributed by atoms with Crippen molar-refractivity contribution >= 4 is 16.7 Å². The molecule has 0 saturated heterocycles. The number of nitrogens with zero attached hydrogens (tertiary/aromatic N) is 4. The van der Waals surface area contributed by atoms with E-state index in [1.165, 1.54) is 11.1 Å². The van der Waals surface area contributed by atoms with Crippen LogP contribution in [0.3, 0.4) is 0 Å². The number of imidazole rings is 1. The molecule has 0 spiro atoms. The van der Waals surface area contributed by atoms with Crippen molar-refractivity contribution in [1.82, 2.24) is 19.0 Å². The molecule has 0 amide bonds. The maximum atomic E-state index is 11.6. The molecule has 0 fully saturated rings. The van der Waals surface area contributed by atoms with E-state index >= 15 is 0 Å². The lowest BCUT2D eigenvalue weighted by Gasteiger charge is -2.26. The van der Waals surface area contributed by atoms with Crippen LogP contribution < -0.4 is 5.76 Å². The Balaban J connectivity index is 1.51. The highest BCUT2D eigenvalue weighted by atomic mass is 16.4. The van der Waals surface area contributed by atoms with E-state index in [9.17, 15) is 4.79 Å². The molecule has 3 aromatic rings. The molecule has 4 rings (SSSR count). The van der Waals surface area contributed by atoms with E-state index in [4.69, 9.17) is 4.42 Å². The van der Waals surface area contributed by atoms with Gasteiger partial charge in [0.15, 0.2) is 5.58 Å². The van der Waals surface area contributed by atoms with Crippen LogP contribution in [0, 0.1) is 0 Å². The Morgan fingerprint density at radius 1 is 1.29 bits per heavy atom. The molecule has 0 atom stereocenters. The second kappa shape index (κ2) is 5.79. The summed E-state index contributed by atoms with van der Waals surface area (Å²) in [7, 11) is 3.76. The minimum Gasteiger partial charge on any atom is -0.408 e. The Labute approximate surface area is 139 Å². The van der Waals surface area contributed by atoms with Crippen molar-refractivity contribution in [3.63, 3.8) is 0 Å². The van der Waals surface area contributed by atoms with E-state index in [0.29, 0.717) is 5.58 Å². The first-order valence-corrected chi connectivity index (χ1v) is 8.09. The molecule has 124 valence electrons. The van der Waals surface area contributed by atoms with Gasteiger partial charge in [-0.3, -0.25) is 9.47 Å². The average Bonchev–Trinajstić information content (AvgIpc) is 3.13. The molecular weight excluding hydrogens is 304 g/mol. The third kappa shape index (κ3) is 2.59. The predicted octanol–water partition coefficient (Wildman–Crippen LogP) is 2.15. The summed E-state index contributed by atoms with van der Waals surface area (Å²) in [6.45, 7) is 2.77. The number of hydrogen-bond donors (Lipinski definition) is 0. The van der Waals surface area contributed by atoms with Gasteiger partial charge in [-0.25, -0.2) is 9.78 Å². The Morgan fingerprint density at radius 3 is 2.88 bits per heavy atom. The van der Waals surface area contributed by atoms with Crippen LogP contribution in [-0.2, 0) is 20.6 Å². The fraction of sp³-hybridized carbons (Fsp3) is 0.333. The highest BCUT2D eigenvalue weighted by Crippen LogP contribution is 2.22. The summed E-state index contributed by atoms with van der Waals surface area (Å²) < 4.78 is 8.80. The van der Waals surface area contributed by atoms with Gasteiger partial charge in [0.05, 0.1) is 5.52 Å². The molecule has 3 heterocycles. The minimum absolute atomic E-state index is 0.317. The van der Waals surface area contributed by atoms with Gasteiger partial charge in [-0.2, -0.15) is 0 Å². The van der Waals surface area contributed by atoms with E-state index in [1.54, 1.807) is 11.6 Å². The molecule has 0 bridgehead atoms. The zero-order chi connectivity index (χ0) is 16.7. The topological polar surface area (TPSA) is 56.2 Å². The normalized spacial score (nSPS) is 15.8. The quantitative estimate of drug-likeness (QED) is 0.741. The van der Waals surface area contributed by atoms with Gasteiger partial charge in [0.1, 0.15) is 5.82 Å². The van der Waals surface area contributed by atoms with Crippen molar-refractivity contribution < 1.29 is 4.42 Å². The third-order valence-electron chi connectivity index (χ3n) is 4.66. The van der Waals surface area contributed by atoms with Gasteiger partial charge in [0.25, 0.3) is 0 Å². The van der Waals surface area contributed by atoms with Gasteiger partial charge < -0.3 is 8.98 Å². The highest BCUT2D eigenvalue weighted by molar-refractivity contribution is 5.73. The minimum atomic E-state index is -0.317. The summed E-state index contributed by atoms with van der Waals surface area (Å²) in [5, 5.41) is 0. The Morgan fingerprint density at radius 2 is 2.17 bits per heavy atom. The van der Waals surface area contributed by atoms with Gasteiger partial charge in [-0.05, 0) is 29.7 Å². The summed E-state index contributed by atoms with van der Waals surface area (Å²) in [6, 6.07) is 5.95. The van der Waals surface area contributed by atoms with Crippen LogP contribution in [-0.4, -0.2) is 32.1 Å². The van der Waals surface area contributed by atoms with Gasteiger partial charge in [0, 0.05) is 46.1 Å². The van der Waals surface area contributed by atoms with Crippen molar-refractivity contribution in [3.05, 3.63) is 58.6 Å². The zero-order valence-electron chi connectivity index (χ0n) is 13.9. The van der Waals surface area contributed by atoms with Crippen molar-refractivity contribution in [2.75, 3.05) is 13.1 Å². The average molecular weight is 324 g/mol. The molecule has 0 aliphatic carbocycles. The van der Waals surface area contributed by atoms with E-state index < -0.39 is 0 Å². The summed E-state index contributed by atoms with van der Waals surface area (Å²) in [4.78, 5) is 18.4. The number of benzene rings is 1. The fourth-order valence-corrected chi connectivity index (χ4v) is 3.26. The molecule has 0 N–H and O–H groups in total. The zero-order valence-corrected chi connectivity index (χ0v) is 13.9. The first-order chi connectivity index (χ1) is 11.6. The standard InChI is InChI=1S/C18H20N4O2/c1-20-10-7-19-17(20)14-5-8-22(9-6-14)12-13-3-4-16-15(11-13)21(2)18(23)24-16/h3-5,7,10-11H,6,8-9,12H2,1-2H3. The first-order valence-electron chi connectivity index (χ1n) is 8.09. The smallest absolute Gasteiger partial charge is 0.408 e. The summed E-state index contributed by atoms with van der Waals surface area (Å²) in [6.07, 6.45) is 7.08. The fourth-order valence-electron chi connectivity index (χ4n) is 3.26. The van der Waals surface area contributed by atoms with Crippen LogP contribution in [0.15, 0.2) is 45.9 Å². The molecule has 0 unspecified atom stereocenters. The maximum Gasteiger partial charge on any atom is 0.419 e. The summed E-state index contributed by atoms with van der Waals surface area (Å²) >= 11 is 0. The predicted molar refractivity (Wildman–Crippen MR) is 92.5 cm³/mol. The van der Waals surface area contributed by atoms with Gasteiger partial charge >= 0.3 is 5.76 Å². The molecular formula is C18H20N4O2. The van der Waals surface area contributed by atoms with Crippen LogP contribution in [0.25, 0.3) is 16.7 Å². The SMILES string of the molecule is Cn1ccnc1C1=CCN(Cc2ccc3oc(=O)n(C)c3c2)CC1. The Kier molecular flexibility index (Phi) is 3.61. The second-order valence-electron chi connectivity index (χ2n) is 6.31. The number of hydrogen-bond acceptors (Lipinski definition) is 4. The summed E-state index contributed by atoms with van der Waals surface area (Å²) in [5.74, 6) is 0.743. The molecule has 2 aromatic heterocycles. The lowest BCUT2D eigenvalue weighted by Crippen LogP contribution is -2.28. The number of rotatable bonds is 3. The van der Waals surface area contributed by atoms with E-state index in [2.05, 4.69) is 20.5 Å². The van der Waals surface area contributed by atoms with Gasteiger partial charge in [0.2, 0.25) is 0 Å². The number of fused-ring (bicyclic) bond motifs is 1. The van der Waals surface area contributed by atoms with E-state index in [1.807, 2.05) is 37.6 Å². The molecule has 0 saturated carbocycles. The summed E-state index contributed by atoms with van der Waals surface area (Å²) in [5.41, 5.74) is 3.99. The molecule has 6 heteroatoms. The number of aryl methyl sites for hydroxylation is 2. The number of oxazole rings is 1. The van der Waals surface area contributed by atoms with E-state index in [-0.39, 0.29) is 5.76 Å². The Hall–Kier alpha value is -2.60. The lowest BCUT2D eigenvalue weighted by molar-refractivity contribution is 0.293. The van der Waals surface area contributed by atoms with Crippen molar-refractivity contribution in [2.24, 2.45) is 14.1 Å². The monoisotopic (exact) mass is 324 g/mol. The van der Waals surface area contributed by atoms with Crippen molar-refractivity contribution in [2.45, 2.75) is 13.0 Å². The number of aromatic nitrogens is 3. The first kappa shape index (κ1) is 15.0.